The molecule has 0 amide bonds. The Morgan fingerprint density at radius 3 is 2.82 bits per heavy atom. The van der Waals surface area contributed by atoms with Gasteiger partial charge in [-0.2, -0.15) is 0 Å². The summed E-state index contributed by atoms with van der Waals surface area (Å²) in [6.07, 6.45) is -0.826. The van der Waals surface area contributed by atoms with Gasteiger partial charge in [-0.1, -0.05) is 5.16 Å². The molecule has 1 saturated heterocycles. The minimum Gasteiger partial charge on any atom is -0.394 e. The first-order chi connectivity index (χ1) is 5.33. The van der Waals surface area contributed by atoms with E-state index in [1.807, 2.05) is 0 Å². The van der Waals surface area contributed by atoms with E-state index in [9.17, 15) is 0 Å². The van der Waals surface area contributed by atoms with Crippen molar-refractivity contribution in [2.24, 2.45) is 5.16 Å². The van der Waals surface area contributed by atoms with Gasteiger partial charge in [-0.3, -0.25) is 0 Å². The predicted molar refractivity (Wildman–Crippen MR) is 39.3 cm³/mol. The maximum absolute atomic E-state index is 8.80. The maximum Gasteiger partial charge on any atom is 0.145 e. The van der Waals surface area contributed by atoms with Crippen molar-refractivity contribution in [1.82, 2.24) is 5.32 Å². The van der Waals surface area contributed by atoms with Crippen molar-refractivity contribution in [3.63, 3.8) is 0 Å². The van der Waals surface area contributed by atoms with Crippen LogP contribution >= 0.6 is 0 Å². The summed E-state index contributed by atoms with van der Waals surface area (Å²) in [4.78, 5) is 4.73. The monoisotopic (exact) mass is 160 g/mol. The number of nitrogens with zero attached hydrogens (tertiary/aromatic N) is 1. The van der Waals surface area contributed by atoms with Crippen LogP contribution in [0.25, 0.3) is 0 Å². The first-order valence-electron chi connectivity index (χ1n) is 3.50. The van der Waals surface area contributed by atoms with Crippen LogP contribution in [0.15, 0.2) is 5.16 Å². The second kappa shape index (κ2) is 4.27. The van der Waals surface area contributed by atoms with Gasteiger partial charge < -0.3 is 20.4 Å². The van der Waals surface area contributed by atoms with Gasteiger partial charge in [0.1, 0.15) is 12.7 Å². The molecule has 0 unspecified atom stereocenters. The van der Waals surface area contributed by atoms with E-state index in [1.165, 1.54) is 0 Å². The van der Waals surface area contributed by atoms with Crippen molar-refractivity contribution in [2.45, 2.75) is 6.10 Å². The summed E-state index contributed by atoms with van der Waals surface area (Å²) >= 11 is 0. The highest BCUT2D eigenvalue weighted by Gasteiger charge is 2.09. The van der Waals surface area contributed by atoms with Crippen LogP contribution in [-0.4, -0.2) is 48.3 Å². The molecule has 64 valence electrons. The highest BCUT2D eigenvalue weighted by Crippen LogP contribution is 1.90. The van der Waals surface area contributed by atoms with Crippen molar-refractivity contribution in [1.29, 1.82) is 0 Å². The summed E-state index contributed by atoms with van der Waals surface area (Å²) in [6, 6.07) is 0. The van der Waals surface area contributed by atoms with Crippen molar-refractivity contribution in [3.8, 4) is 0 Å². The molecule has 1 aliphatic heterocycles. The van der Waals surface area contributed by atoms with Crippen molar-refractivity contribution in [2.75, 3.05) is 26.3 Å². The zero-order valence-corrected chi connectivity index (χ0v) is 6.16. The number of nitrogens with one attached hydrogen (secondary N) is 1. The molecule has 0 saturated carbocycles. The van der Waals surface area contributed by atoms with Crippen LogP contribution in [0.5, 0.6) is 0 Å². The average molecular weight is 160 g/mol. The lowest BCUT2D eigenvalue weighted by atomic mass is 10.2. The Morgan fingerprint density at radius 1 is 1.64 bits per heavy atom. The van der Waals surface area contributed by atoms with Crippen LogP contribution < -0.4 is 5.32 Å². The Labute approximate surface area is 64.7 Å². The number of aliphatic hydroxyl groups excluding tert-OH is 2. The highest BCUT2D eigenvalue weighted by molar-refractivity contribution is 5.92. The largest absolute Gasteiger partial charge is 0.394 e. The van der Waals surface area contributed by atoms with E-state index in [4.69, 9.17) is 15.1 Å². The highest BCUT2D eigenvalue weighted by atomic mass is 16.6. The molecular weight excluding hydrogens is 148 g/mol. The first-order valence-corrected chi connectivity index (χ1v) is 3.50. The van der Waals surface area contributed by atoms with E-state index in [2.05, 4.69) is 10.5 Å². The molecule has 0 aliphatic carbocycles. The van der Waals surface area contributed by atoms with Gasteiger partial charge in [0.05, 0.1) is 12.3 Å². The molecule has 0 bridgehead atoms. The van der Waals surface area contributed by atoms with Crippen LogP contribution in [0.3, 0.4) is 0 Å². The Hall–Kier alpha value is -0.650. The molecule has 0 aromatic carbocycles. The summed E-state index contributed by atoms with van der Waals surface area (Å²) in [6.45, 7) is 1.29. The van der Waals surface area contributed by atoms with Gasteiger partial charge in [-0.05, 0) is 0 Å². The molecule has 1 rings (SSSR count). The molecule has 5 nitrogen and oxygen atoms in total. The standard InChI is InChI=1S/C6H12N2O3/c9-3-6(10)4-11-8-5-1-7-2-5/h6-7,9-10H,1-4H2/t6-/m0/s1. The SMILES string of the molecule is OC[C@H](O)CON=C1CNC1. The number of hydrogen-bond acceptors (Lipinski definition) is 5. The van der Waals surface area contributed by atoms with E-state index >= 15 is 0 Å². The zero-order valence-electron chi connectivity index (χ0n) is 6.16. The second-order valence-corrected chi connectivity index (χ2v) is 2.39. The average Bonchev–Trinajstić information content (AvgIpc) is 1.94. The Morgan fingerprint density at radius 2 is 2.36 bits per heavy atom. The number of aliphatic hydroxyl groups is 2. The molecule has 0 spiro atoms. The number of hydrogen-bond donors (Lipinski definition) is 3. The maximum atomic E-state index is 8.80. The minimum absolute atomic E-state index is 0.0556. The van der Waals surface area contributed by atoms with Crippen LogP contribution in [0.1, 0.15) is 0 Å². The fourth-order valence-electron chi connectivity index (χ4n) is 0.569. The Kier molecular flexibility index (Phi) is 3.28. The molecule has 5 heteroatoms. The molecule has 0 aromatic rings. The van der Waals surface area contributed by atoms with Gasteiger partial charge in [0.25, 0.3) is 0 Å². The molecule has 1 aliphatic rings. The fourth-order valence-corrected chi connectivity index (χ4v) is 0.569. The Balaban J connectivity index is 2.03. The molecule has 0 aromatic heterocycles. The van der Waals surface area contributed by atoms with E-state index in [0.717, 1.165) is 18.8 Å². The lowest BCUT2D eigenvalue weighted by Crippen LogP contribution is -2.42. The van der Waals surface area contributed by atoms with Crippen LogP contribution in [-0.2, 0) is 4.84 Å². The van der Waals surface area contributed by atoms with Crippen molar-refractivity contribution >= 4 is 5.71 Å². The summed E-state index contributed by atoms with van der Waals surface area (Å²) in [5.74, 6) is 0. The van der Waals surface area contributed by atoms with Crippen LogP contribution in [0, 0.1) is 0 Å². The minimum atomic E-state index is -0.826. The normalized spacial score (nSPS) is 18.9. The van der Waals surface area contributed by atoms with Gasteiger partial charge in [0, 0.05) is 13.1 Å². The molecule has 11 heavy (non-hydrogen) atoms. The van der Waals surface area contributed by atoms with Crippen LogP contribution in [0.4, 0.5) is 0 Å². The summed E-state index contributed by atoms with van der Waals surface area (Å²) in [5.41, 5.74) is 0.940. The predicted octanol–water partition coefficient (Wildman–Crippen LogP) is -1.68. The lowest BCUT2D eigenvalue weighted by Gasteiger charge is -2.16. The summed E-state index contributed by atoms with van der Waals surface area (Å²) in [5, 5.41) is 23.9. The van der Waals surface area contributed by atoms with E-state index in [1.54, 1.807) is 0 Å². The molecular formula is C6H12N2O3. The summed E-state index contributed by atoms with van der Waals surface area (Å²) in [7, 11) is 0. The van der Waals surface area contributed by atoms with Gasteiger partial charge in [-0.15, -0.1) is 0 Å². The quantitative estimate of drug-likeness (QED) is 0.429. The molecule has 1 fully saturated rings. The fraction of sp³-hybridized carbons (Fsp3) is 0.833. The number of rotatable bonds is 4. The van der Waals surface area contributed by atoms with Crippen LogP contribution in [0.2, 0.25) is 0 Å². The van der Waals surface area contributed by atoms with Crippen molar-refractivity contribution < 1.29 is 15.1 Å². The molecule has 1 heterocycles. The smallest absolute Gasteiger partial charge is 0.145 e. The van der Waals surface area contributed by atoms with Gasteiger partial charge in [-0.25, -0.2) is 0 Å². The van der Waals surface area contributed by atoms with Gasteiger partial charge >= 0.3 is 0 Å². The molecule has 3 N–H and O–H groups in total. The number of oxime groups is 1. The van der Waals surface area contributed by atoms with Gasteiger partial charge in [0.2, 0.25) is 0 Å². The second-order valence-electron chi connectivity index (χ2n) is 2.39. The first kappa shape index (κ1) is 8.45. The lowest BCUT2D eigenvalue weighted by molar-refractivity contribution is 0.00777. The van der Waals surface area contributed by atoms with E-state index in [0.29, 0.717) is 0 Å². The third-order valence-electron chi connectivity index (χ3n) is 1.33. The zero-order chi connectivity index (χ0) is 8.10. The van der Waals surface area contributed by atoms with E-state index in [-0.39, 0.29) is 13.2 Å². The molecule has 0 radical (unpaired) electrons. The van der Waals surface area contributed by atoms with Gasteiger partial charge in [0.15, 0.2) is 0 Å². The third-order valence-corrected chi connectivity index (χ3v) is 1.33. The third kappa shape index (κ3) is 2.83. The summed E-state index contributed by atoms with van der Waals surface area (Å²) < 4.78 is 0. The van der Waals surface area contributed by atoms with Crippen molar-refractivity contribution in [3.05, 3.63) is 0 Å². The Bertz CT molecular complexity index is 143. The topological polar surface area (TPSA) is 74.1 Å². The van der Waals surface area contributed by atoms with E-state index < -0.39 is 6.10 Å². The molecule has 1 atom stereocenters.